The summed E-state index contributed by atoms with van der Waals surface area (Å²) >= 11 is 0. The molecule has 4 nitrogen and oxygen atoms in total. The van der Waals surface area contributed by atoms with Gasteiger partial charge in [-0.3, -0.25) is 9.78 Å². The van der Waals surface area contributed by atoms with Crippen molar-refractivity contribution in [1.82, 2.24) is 15.2 Å². The van der Waals surface area contributed by atoms with E-state index in [-0.39, 0.29) is 5.91 Å². The number of hydrogen-bond donors (Lipinski definition) is 1. The highest BCUT2D eigenvalue weighted by atomic mass is 16.2. The van der Waals surface area contributed by atoms with Gasteiger partial charge in [-0.25, -0.2) is 0 Å². The number of carbonyl (C=O) groups is 1. The highest BCUT2D eigenvalue weighted by molar-refractivity contribution is 5.81. The Labute approximate surface area is 125 Å². The highest BCUT2D eigenvalue weighted by Crippen LogP contribution is 2.25. The SMILES string of the molecule is CN(C(=O)CNCCc1cccc2cccnc12)C1CC1. The van der Waals surface area contributed by atoms with E-state index in [4.69, 9.17) is 0 Å². The molecule has 1 aromatic heterocycles. The Balaban J connectivity index is 1.51. The summed E-state index contributed by atoms with van der Waals surface area (Å²) in [6.07, 6.45) is 5.02. The third-order valence-corrected chi connectivity index (χ3v) is 4.05. The van der Waals surface area contributed by atoms with Crippen LogP contribution in [-0.4, -0.2) is 42.0 Å². The monoisotopic (exact) mass is 283 g/mol. The summed E-state index contributed by atoms with van der Waals surface area (Å²) < 4.78 is 0. The topological polar surface area (TPSA) is 45.2 Å². The van der Waals surface area contributed by atoms with Crippen molar-refractivity contribution in [3.63, 3.8) is 0 Å². The van der Waals surface area contributed by atoms with Crippen molar-refractivity contribution in [2.45, 2.75) is 25.3 Å². The lowest BCUT2D eigenvalue weighted by molar-refractivity contribution is -0.129. The Morgan fingerprint density at radius 3 is 2.95 bits per heavy atom. The van der Waals surface area contributed by atoms with Crippen LogP contribution >= 0.6 is 0 Å². The molecule has 3 rings (SSSR count). The molecule has 0 bridgehead atoms. The minimum absolute atomic E-state index is 0.188. The zero-order chi connectivity index (χ0) is 14.7. The van der Waals surface area contributed by atoms with Gasteiger partial charge in [0.1, 0.15) is 0 Å². The molecule has 1 amide bonds. The van der Waals surface area contributed by atoms with E-state index >= 15 is 0 Å². The van der Waals surface area contributed by atoms with E-state index in [9.17, 15) is 4.79 Å². The maximum atomic E-state index is 11.9. The molecule has 0 atom stereocenters. The molecule has 4 heteroatoms. The van der Waals surface area contributed by atoms with Gasteiger partial charge in [0, 0.05) is 24.7 Å². The first-order valence-corrected chi connectivity index (χ1v) is 7.55. The van der Waals surface area contributed by atoms with Crippen molar-refractivity contribution in [3.05, 3.63) is 42.1 Å². The summed E-state index contributed by atoms with van der Waals surface area (Å²) in [7, 11) is 1.90. The average Bonchev–Trinajstić information content (AvgIpc) is 3.35. The van der Waals surface area contributed by atoms with Crippen molar-refractivity contribution in [3.8, 4) is 0 Å². The van der Waals surface area contributed by atoms with E-state index in [1.807, 2.05) is 24.2 Å². The number of aromatic nitrogens is 1. The zero-order valence-corrected chi connectivity index (χ0v) is 12.4. The van der Waals surface area contributed by atoms with Gasteiger partial charge in [-0.15, -0.1) is 0 Å². The van der Waals surface area contributed by atoms with E-state index in [0.717, 1.165) is 31.3 Å². The molecule has 1 aliphatic rings. The fourth-order valence-corrected chi connectivity index (χ4v) is 2.58. The van der Waals surface area contributed by atoms with Gasteiger partial charge in [0.15, 0.2) is 0 Å². The Hall–Kier alpha value is -1.94. The highest BCUT2D eigenvalue weighted by Gasteiger charge is 2.28. The molecule has 0 unspecified atom stereocenters. The van der Waals surface area contributed by atoms with Crippen LogP contribution in [0.5, 0.6) is 0 Å². The van der Waals surface area contributed by atoms with Crippen molar-refractivity contribution in [2.24, 2.45) is 0 Å². The third kappa shape index (κ3) is 3.39. The lowest BCUT2D eigenvalue weighted by Gasteiger charge is -2.16. The van der Waals surface area contributed by atoms with Crippen molar-refractivity contribution in [2.75, 3.05) is 20.1 Å². The Bertz CT molecular complexity index is 631. The van der Waals surface area contributed by atoms with Gasteiger partial charge < -0.3 is 10.2 Å². The summed E-state index contributed by atoms with van der Waals surface area (Å²) in [4.78, 5) is 18.2. The standard InChI is InChI=1S/C17H21N3O/c1-20(15-7-8-15)16(21)12-18-11-9-14-5-2-4-13-6-3-10-19-17(13)14/h2-6,10,15,18H,7-9,11-12H2,1H3. The average molecular weight is 283 g/mol. The first kappa shape index (κ1) is 14.0. The molecule has 1 fully saturated rings. The fourth-order valence-electron chi connectivity index (χ4n) is 2.58. The Morgan fingerprint density at radius 1 is 1.33 bits per heavy atom. The number of rotatable bonds is 6. The molecular formula is C17H21N3O. The second-order valence-electron chi connectivity index (χ2n) is 5.65. The molecule has 21 heavy (non-hydrogen) atoms. The maximum Gasteiger partial charge on any atom is 0.236 e. The first-order valence-electron chi connectivity index (χ1n) is 7.55. The largest absolute Gasteiger partial charge is 0.342 e. The lowest BCUT2D eigenvalue weighted by atomic mass is 10.1. The van der Waals surface area contributed by atoms with E-state index in [2.05, 4.69) is 34.6 Å². The van der Waals surface area contributed by atoms with Crippen LogP contribution in [0.4, 0.5) is 0 Å². The number of amides is 1. The van der Waals surface area contributed by atoms with Crippen LogP contribution in [-0.2, 0) is 11.2 Å². The molecule has 0 radical (unpaired) electrons. The predicted octanol–water partition coefficient (Wildman–Crippen LogP) is 1.99. The minimum atomic E-state index is 0.188. The molecule has 1 heterocycles. The summed E-state index contributed by atoms with van der Waals surface area (Å²) in [6, 6.07) is 10.8. The molecular weight excluding hydrogens is 262 g/mol. The number of carbonyl (C=O) groups excluding carboxylic acids is 1. The molecule has 110 valence electrons. The molecule has 1 aliphatic carbocycles. The molecule has 0 aliphatic heterocycles. The molecule has 0 spiro atoms. The minimum Gasteiger partial charge on any atom is -0.342 e. The number of nitrogens with zero attached hydrogens (tertiary/aromatic N) is 2. The summed E-state index contributed by atoms with van der Waals surface area (Å²) in [5, 5.41) is 4.41. The van der Waals surface area contributed by atoms with Crippen molar-refractivity contribution >= 4 is 16.8 Å². The summed E-state index contributed by atoms with van der Waals surface area (Å²) in [5.41, 5.74) is 2.28. The number of para-hydroxylation sites is 1. The van der Waals surface area contributed by atoms with Crippen LogP contribution in [0.15, 0.2) is 36.5 Å². The van der Waals surface area contributed by atoms with Gasteiger partial charge in [0.05, 0.1) is 12.1 Å². The van der Waals surface area contributed by atoms with E-state index in [0.29, 0.717) is 12.6 Å². The van der Waals surface area contributed by atoms with E-state index in [1.165, 1.54) is 10.9 Å². The molecule has 1 saturated carbocycles. The molecule has 1 aromatic carbocycles. The fraction of sp³-hybridized carbons (Fsp3) is 0.412. The van der Waals surface area contributed by atoms with Gasteiger partial charge >= 0.3 is 0 Å². The van der Waals surface area contributed by atoms with Crippen LogP contribution in [0.1, 0.15) is 18.4 Å². The van der Waals surface area contributed by atoms with Gasteiger partial charge in [-0.1, -0.05) is 24.3 Å². The van der Waals surface area contributed by atoms with Crippen LogP contribution in [0, 0.1) is 0 Å². The number of benzene rings is 1. The van der Waals surface area contributed by atoms with Crippen molar-refractivity contribution in [1.29, 1.82) is 0 Å². The summed E-state index contributed by atoms with van der Waals surface area (Å²) in [5.74, 6) is 0.188. The van der Waals surface area contributed by atoms with Crippen LogP contribution in [0.25, 0.3) is 10.9 Å². The molecule has 1 N–H and O–H groups in total. The Morgan fingerprint density at radius 2 is 2.14 bits per heavy atom. The maximum absolute atomic E-state index is 11.9. The number of fused-ring (bicyclic) bond motifs is 1. The van der Waals surface area contributed by atoms with E-state index < -0.39 is 0 Å². The quantitative estimate of drug-likeness (QED) is 0.825. The zero-order valence-electron chi connectivity index (χ0n) is 12.4. The second kappa shape index (κ2) is 6.22. The van der Waals surface area contributed by atoms with Crippen molar-refractivity contribution < 1.29 is 4.79 Å². The molecule has 2 aromatic rings. The summed E-state index contributed by atoms with van der Waals surface area (Å²) in [6.45, 7) is 1.21. The molecule has 0 saturated heterocycles. The number of nitrogens with one attached hydrogen (secondary N) is 1. The number of likely N-dealkylation sites (N-methyl/N-ethyl adjacent to an activating group) is 1. The first-order chi connectivity index (χ1) is 10.3. The van der Waals surface area contributed by atoms with Crippen LogP contribution in [0.3, 0.4) is 0 Å². The van der Waals surface area contributed by atoms with Crippen LogP contribution in [0.2, 0.25) is 0 Å². The van der Waals surface area contributed by atoms with Gasteiger partial charge in [-0.05, 0) is 37.4 Å². The second-order valence-corrected chi connectivity index (χ2v) is 5.65. The Kier molecular flexibility index (Phi) is 4.15. The van der Waals surface area contributed by atoms with Gasteiger partial charge in [0.25, 0.3) is 0 Å². The van der Waals surface area contributed by atoms with Crippen LogP contribution < -0.4 is 5.32 Å². The van der Waals surface area contributed by atoms with Gasteiger partial charge in [-0.2, -0.15) is 0 Å². The predicted molar refractivity (Wildman–Crippen MR) is 84.1 cm³/mol. The smallest absolute Gasteiger partial charge is 0.236 e. The van der Waals surface area contributed by atoms with Gasteiger partial charge in [0.2, 0.25) is 5.91 Å². The lowest BCUT2D eigenvalue weighted by Crippen LogP contribution is -2.37. The normalized spacial score (nSPS) is 14.3. The number of hydrogen-bond acceptors (Lipinski definition) is 3. The third-order valence-electron chi connectivity index (χ3n) is 4.05. The van der Waals surface area contributed by atoms with E-state index in [1.54, 1.807) is 0 Å². The number of pyridine rings is 1.